The van der Waals surface area contributed by atoms with E-state index in [-0.39, 0.29) is 11.2 Å². The molecule has 0 aromatic heterocycles. The fraction of sp³-hybridized carbons (Fsp3) is 0.625. The Labute approximate surface area is 110 Å². The third kappa shape index (κ3) is 2.74. The summed E-state index contributed by atoms with van der Waals surface area (Å²) >= 11 is 0. The molecule has 0 atom stereocenters. The minimum absolute atomic E-state index is 0.0591. The van der Waals surface area contributed by atoms with E-state index in [2.05, 4.69) is 25.1 Å². The summed E-state index contributed by atoms with van der Waals surface area (Å²) in [5.74, 6) is -0.0591. The molecule has 0 bridgehead atoms. The molecule has 18 heavy (non-hydrogen) atoms. The number of nitrogens with zero attached hydrogens (tertiary/aromatic N) is 1. The maximum Gasteiger partial charge on any atom is 0.126 e. The van der Waals surface area contributed by atoms with Crippen molar-refractivity contribution < 1.29 is 4.39 Å². The second-order valence-corrected chi connectivity index (χ2v) is 6.04. The highest BCUT2D eigenvalue weighted by Gasteiger charge is 2.34. The van der Waals surface area contributed by atoms with Gasteiger partial charge in [-0.1, -0.05) is 31.4 Å². The second kappa shape index (κ2) is 5.40. The van der Waals surface area contributed by atoms with Crippen molar-refractivity contribution in [2.45, 2.75) is 44.4 Å². The predicted octanol–water partition coefficient (Wildman–Crippen LogP) is 3.90. The van der Waals surface area contributed by atoms with Crippen LogP contribution >= 0.6 is 0 Å². The maximum atomic E-state index is 13.8. The third-order valence-electron chi connectivity index (χ3n) is 4.21. The number of hydrogen-bond donors (Lipinski definition) is 0. The molecule has 1 aromatic carbocycles. The molecule has 2 heteroatoms. The Bertz CT molecular complexity index is 406. The molecule has 1 fully saturated rings. The first-order chi connectivity index (χ1) is 8.53. The highest BCUT2D eigenvalue weighted by Crippen LogP contribution is 2.40. The van der Waals surface area contributed by atoms with Crippen molar-refractivity contribution in [3.63, 3.8) is 0 Å². The molecule has 0 amide bonds. The van der Waals surface area contributed by atoms with Gasteiger partial charge in [0.1, 0.15) is 5.82 Å². The van der Waals surface area contributed by atoms with Crippen LogP contribution in [0.4, 0.5) is 4.39 Å². The zero-order chi connectivity index (χ0) is 13.2. The second-order valence-electron chi connectivity index (χ2n) is 6.04. The summed E-state index contributed by atoms with van der Waals surface area (Å²) in [4.78, 5) is 2.24. The van der Waals surface area contributed by atoms with Gasteiger partial charge in [0.05, 0.1) is 0 Å². The topological polar surface area (TPSA) is 3.24 Å². The molecule has 0 radical (unpaired) electrons. The van der Waals surface area contributed by atoms with E-state index < -0.39 is 0 Å². The first kappa shape index (κ1) is 13.5. The lowest BCUT2D eigenvalue weighted by Crippen LogP contribution is -2.39. The zero-order valence-corrected chi connectivity index (χ0v) is 11.8. The van der Waals surface area contributed by atoms with E-state index in [1.807, 2.05) is 13.0 Å². The van der Waals surface area contributed by atoms with Crippen molar-refractivity contribution in [2.75, 3.05) is 20.6 Å². The van der Waals surface area contributed by atoms with E-state index in [0.29, 0.717) is 0 Å². The average Bonchev–Trinajstić information content (AvgIpc) is 2.33. The fourth-order valence-electron chi connectivity index (χ4n) is 3.29. The van der Waals surface area contributed by atoms with Gasteiger partial charge >= 0.3 is 0 Å². The highest BCUT2D eigenvalue weighted by atomic mass is 19.1. The summed E-state index contributed by atoms with van der Waals surface area (Å²) < 4.78 is 13.8. The van der Waals surface area contributed by atoms with Crippen LogP contribution in [0.5, 0.6) is 0 Å². The molecule has 1 aliphatic carbocycles. The molecule has 1 aliphatic rings. The van der Waals surface area contributed by atoms with Gasteiger partial charge in [0.15, 0.2) is 0 Å². The van der Waals surface area contributed by atoms with Crippen LogP contribution in [0.1, 0.15) is 43.2 Å². The lowest BCUT2D eigenvalue weighted by atomic mass is 9.69. The van der Waals surface area contributed by atoms with Gasteiger partial charge in [-0.25, -0.2) is 4.39 Å². The highest BCUT2D eigenvalue weighted by molar-refractivity contribution is 5.31. The van der Waals surface area contributed by atoms with Crippen LogP contribution < -0.4 is 0 Å². The average molecular weight is 249 g/mol. The molecule has 0 spiro atoms. The van der Waals surface area contributed by atoms with Crippen molar-refractivity contribution in [2.24, 2.45) is 0 Å². The summed E-state index contributed by atoms with van der Waals surface area (Å²) in [6.45, 7) is 2.86. The van der Waals surface area contributed by atoms with Gasteiger partial charge in [-0.3, -0.25) is 0 Å². The van der Waals surface area contributed by atoms with Crippen molar-refractivity contribution in [3.8, 4) is 0 Å². The van der Waals surface area contributed by atoms with Crippen LogP contribution in [-0.2, 0) is 5.41 Å². The lowest BCUT2D eigenvalue weighted by Gasteiger charge is -2.40. The predicted molar refractivity (Wildman–Crippen MR) is 74.5 cm³/mol. The number of aryl methyl sites for hydroxylation is 1. The van der Waals surface area contributed by atoms with Crippen molar-refractivity contribution in [3.05, 3.63) is 35.1 Å². The number of benzene rings is 1. The summed E-state index contributed by atoms with van der Waals surface area (Å²) in [6, 6.07) is 5.83. The lowest BCUT2D eigenvalue weighted by molar-refractivity contribution is 0.215. The quantitative estimate of drug-likeness (QED) is 0.785. The zero-order valence-electron chi connectivity index (χ0n) is 11.8. The van der Waals surface area contributed by atoms with Gasteiger partial charge in [0, 0.05) is 12.0 Å². The summed E-state index contributed by atoms with van der Waals surface area (Å²) in [5, 5.41) is 0. The minimum Gasteiger partial charge on any atom is -0.309 e. The van der Waals surface area contributed by atoms with E-state index in [0.717, 1.165) is 12.1 Å². The molecule has 100 valence electrons. The summed E-state index contributed by atoms with van der Waals surface area (Å²) in [6.07, 6.45) is 6.23. The Hall–Kier alpha value is -0.890. The molecule has 2 rings (SSSR count). The first-order valence-electron chi connectivity index (χ1n) is 6.95. The van der Waals surface area contributed by atoms with Crippen LogP contribution in [0.25, 0.3) is 0 Å². The molecular formula is C16H24FN. The number of rotatable bonds is 3. The van der Waals surface area contributed by atoms with Gasteiger partial charge in [0.25, 0.3) is 0 Å². The van der Waals surface area contributed by atoms with Gasteiger partial charge < -0.3 is 4.90 Å². The number of likely N-dealkylation sites (N-methyl/N-ethyl adjacent to an activating group) is 1. The van der Waals surface area contributed by atoms with Crippen molar-refractivity contribution >= 4 is 0 Å². The largest absolute Gasteiger partial charge is 0.309 e. The maximum absolute atomic E-state index is 13.8. The van der Waals surface area contributed by atoms with E-state index in [1.54, 1.807) is 6.07 Å². The normalized spacial score (nSPS) is 19.2. The van der Waals surface area contributed by atoms with Crippen molar-refractivity contribution in [1.29, 1.82) is 0 Å². The van der Waals surface area contributed by atoms with Gasteiger partial charge in [-0.05, 0) is 51.1 Å². The van der Waals surface area contributed by atoms with Gasteiger partial charge in [-0.15, -0.1) is 0 Å². The minimum atomic E-state index is -0.0591. The van der Waals surface area contributed by atoms with Crippen LogP contribution in [-0.4, -0.2) is 25.5 Å². The Morgan fingerprint density at radius 2 is 1.83 bits per heavy atom. The molecule has 0 saturated heterocycles. The Balaban J connectivity index is 2.35. The molecule has 1 aromatic rings. The smallest absolute Gasteiger partial charge is 0.126 e. The summed E-state index contributed by atoms with van der Waals surface area (Å²) in [5.41, 5.74) is 2.10. The van der Waals surface area contributed by atoms with Crippen LogP contribution in [0.2, 0.25) is 0 Å². The monoisotopic (exact) mass is 249 g/mol. The molecule has 1 saturated carbocycles. The Morgan fingerprint density at radius 3 is 2.39 bits per heavy atom. The van der Waals surface area contributed by atoms with Crippen LogP contribution in [0.3, 0.4) is 0 Å². The summed E-state index contributed by atoms with van der Waals surface area (Å²) in [7, 11) is 4.22. The van der Waals surface area contributed by atoms with E-state index in [4.69, 9.17) is 0 Å². The fourth-order valence-corrected chi connectivity index (χ4v) is 3.29. The molecule has 0 aliphatic heterocycles. The molecule has 0 unspecified atom stereocenters. The van der Waals surface area contributed by atoms with Crippen LogP contribution in [0.15, 0.2) is 18.2 Å². The van der Waals surface area contributed by atoms with Gasteiger partial charge in [0.2, 0.25) is 0 Å². The SMILES string of the molecule is Cc1ccc(C2(CN(C)C)CCCCC2)cc1F. The Kier molecular flexibility index (Phi) is 4.06. The first-order valence-corrected chi connectivity index (χ1v) is 6.95. The van der Waals surface area contributed by atoms with E-state index in [9.17, 15) is 4.39 Å². The van der Waals surface area contributed by atoms with E-state index in [1.165, 1.54) is 37.7 Å². The molecule has 0 N–H and O–H groups in total. The van der Waals surface area contributed by atoms with Crippen LogP contribution in [0, 0.1) is 12.7 Å². The molecular weight excluding hydrogens is 225 g/mol. The van der Waals surface area contributed by atoms with Crippen molar-refractivity contribution in [1.82, 2.24) is 4.90 Å². The third-order valence-corrected chi connectivity index (χ3v) is 4.21. The number of halogens is 1. The molecule has 0 heterocycles. The van der Waals surface area contributed by atoms with Gasteiger partial charge in [-0.2, -0.15) is 0 Å². The Morgan fingerprint density at radius 1 is 1.17 bits per heavy atom. The number of hydrogen-bond acceptors (Lipinski definition) is 1. The van der Waals surface area contributed by atoms with E-state index >= 15 is 0 Å². The molecule has 1 nitrogen and oxygen atoms in total. The standard InChI is InChI=1S/C16H24FN/c1-13-7-8-14(11-15(13)17)16(12-18(2)3)9-5-4-6-10-16/h7-8,11H,4-6,9-10,12H2,1-3H3.